The first-order valence-electron chi connectivity index (χ1n) is 8.22. The zero-order chi connectivity index (χ0) is 19.4. The molecule has 0 aliphatic rings. The minimum Gasteiger partial charge on any atom is -0.471 e. The van der Waals surface area contributed by atoms with Gasteiger partial charge < -0.3 is 10.1 Å². The molecule has 8 nitrogen and oxygen atoms in total. The molecule has 27 heavy (non-hydrogen) atoms. The molecule has 0 radical (unpaired) electrons. The number of rotatable bonds is 6. The number of anilines is 1. The number of nitrogens with one attached hydrogen (secondary N) is 1. The molecule has 0 unspecified atom stereocenters. The van der Waals surface area contributed by atoms with Crippen molar-refractivity contribution in [2.24, 2.45) is 0 Å². The summed E-state index contributed by atoms with van der Waals surface area (Å²) < 4.78 is 7.15. The normalized spacial score (nSPS) is 10.4. The van der Waals surface area contributed by atoms with Crippen LogP contribution in [-0.2, 0) is 6.73 Å². The maximum absolute atomic E-state index is 12.4. The number of ether oxygens (including phenoxy) is 1. The van der Waals surface area contributed by atoms with Crippen LogP contribution in [0.4, 0.5) is 11.4 Å². The highest BCUT2D eigenvalue weighted by Gasteiger charge is 2.18. The summed E-state index contributed by atoms with van der Waals surface area (Å²) in [6, 6.07) is 13.7. The number of nitrogens with zero attached hydrogens (tertiary/aromatic N) is 3. The van der Waals surface area contributed by atoms with E-state index in [4.69, 9.17) is 4.74 Å². The first kappa shape index (κ1) is 18.1. The Labute approximate surface area is 155 Å². The van der Waals surface area contributed by atoms with Gasteiger partial charge in [-0.3, -0.25) is 14.9 Å². The molecule has 0 atom stereocenters. The highest BCUT2D eigenvalue weighted by molar-refractivity contribution is 6.04. The Morgan fingerprint density at radius 2 is 2.00 bits per heavy atom. The predicted molar refractivity (Wildman–Crippen MR) is 99.8 cm³/mol. The van der Waals surface area contributed by atoms with Gasteiger partial charge in [0.05, 0.1) is 4.92 Å². The van der Waals surface area contributed by atoms with Crippen molar-refractivity contribution in [1.29, 1.82) is 0 Å². The van der Waals surface area contributed by atoms with E-state index in [1.165, 1.54) is 22.9 Å². The van der Waals surface area contributed by atoms with Gasteiger partial charge in [-0.15, -0.1) is 0 Å². The molecular formula is C19H18N4O4. The molecule has 3 rings (SSSR count). The molecule has 0 aliphatic carbocycles. The second-order valence-electron chi connectivity index (χ2n) is 6.01. The standard InChI is InChI=1S/C19H18N4O4/c1-13-7-8-15(17(11-13)23(25)26)20-19(24)16-9-10-22(21-16)12-27-18-6-4-3-5-14(18)2/h3-11H,12H2,1-2H3,(H,20,24). The molecule has 1 N–H and O–H groups in total. The Balaban J connectivity index is 1.69. The summed E-state index contributed by atoms with van der Waals surface area (Å²) in [6.45, 7) is 3.82. The zero-order valence-corrected chi connectivity index (χ0v) is 14.9. The van der Waals surface area contributed by atoms with Gasteiger partial charge in [-0.05, 0) is 43.2 Å². The Bertz CT molecular complexity index is 997. The van der Waals surface area contributed by atoms with Crippen LogP contribution >= 0.6 is 0 Å². The fraction of sp³-hybridized carbons (Fsp3) is 0.158. The van der Waals surface area contributed by atoms with Crippen LogP contribution in [0.5, 0.6) is 5.75 Å². The predicted octanol–water partition coefficient (Wildman–Crippen LogP) is 3.70. The summed E-state index contributed by atoms with van der Waals surface area (Å²) in [6.07, 6.45) is 1.61. The Morgan fingerprint density at radius 3 is 2.74 bits per heavy atom. The number of hydrogen-bond donors (Lipinski definition) is 1. The van der Waals surface area contributed by atoms with Crippen molar-refractivity contribution in [3.05, 3.63) is 81.7 Å². The van der Waals surface area contributed by atoms with Gasteiger partial charge >= 0.3 is 0 Å². The van der Waals surface area contributed by atoms with Gasteiger partial charge in [0.25, 0.3) is 11.6 Å². The third kappa shape index (κ3) is 4.30. The van der Waals surface area contributed by atoms with E-state index in [9.17, 15) is 14.9 Å². The lowest BCUT2D eigenvalue weighted by molar-refractivity contribution is -0.384. The molecule has 138 valence electrons. The number of benzene rings is 2. The number of aromatic nitrogens is 2. The molecule has 8 heteroatoms. The van der Waals surface area contributed by atoms with E-state index in [-0.39, 0.29) is 23.8 Å². The summed E-state index contributed by atoms with van der Waals surface area (Å²) in [7, 11) is 0. The minimum atomic E-state index is -0.531. The maximum atomic E-state index is 12.4. The third-order valence-electron chi connectivity index (χ3n) is 3.92. The molecule has 2 aromatic carbocycles. The summed E-state index contributed by atoms with van der Waals surface area (Å²) >= 11 is 0. The van der Waals surface area contributed by atoms with Crippen molar-refractivity contribution in [2.75, 3.05) is 5.32 Å². The van der Waals surface area contributed by atoms with Crippen LogP contribution in [0.1, 0.15) is 21.6 Å². The molecule has 0 fully saturated rings. The SMILES string of the molecule is Cc1ccc(NC(=O)c2ccn(COc3ccccc3C)n2)c([N+](=O)[O-])c1. The highest BCUT2D eigenvalue weighted by atomic mass is 16.6. The van der Waals surface area contributed by atoms with E-state index in [0.717, 1.165) is 16.9 Å². The Hall–Kier alpha value is -3.68. The number of aryl methyl sites for hydroxylation is 2. The highest BCUT2D eigenvalue weighted by Crippen LogP contribution is 2.25. The molecule has 0 saturated carbocycles. The quantitative estimate of drug-likeness (QED) is 0.530. The van der Waals surface area contributed by atoms with E-state index in [2.05, 4.69) is 10.4 Å². The number of amides is 1. The smallest absolute Gasteiger partial charge is 0.293 e. The second-order valence-corrected chi connectivity index (χ2v) is 6.01. The van der Waals surface area contributed by atoms with Crippen molar-refractivity contribution in [2.45, 2.75) is 20.6 Å². The van der Waals surface area contributed by atoms with Gasteiger partial charge in [0.1, 0.15) is 11.4 Å². The summed E-state index contributed by atoms with van der Waals surface area (Å²) in [5, 5.41) is 17.8. The third-order valence-corrected chi connectivity index (χ3v) is 3.92. The monoisotopic (exact) mass is 366 g/mol. The molecule has 0 bridgehead atoms. The molecule has 0 aliphatic heterocycles. The van der Waals surface area contributed by atoms with E-state index >= 15 is 0 Å². The van der Waals surface area contributed by atoms with Gasteiger partial charge in [0.2, 0.25) is 0 Å². The fourth-order valence-electron chi connectivity index (χ4n) is 2.49. The van der Waals surface area contributed by atoms with Crippen molar-refractivity contribution in [3.8, 4) is 5.75 Å². The summed E-state index contributed by atoms with van der Waals surface area (Å²) in [4.78, 5) is 23.0. The van der Waals surface area contributed by atoms with E-state index in [1.54, 1.807) is 19.2 Å². The number of carbonyl (C=O) groups is 1. The van der Waals surface area contributed by atoms with Crippen molar-refractivity contribution in [1.82, 2.24) is 9.78 Å². The largest absolute Gasteiger partial charge is 0.471 e. The van der Waals surface area contributed by atoms with Gasteiger partial charge in [-0.1, -0.05) is 24.3 Å². The van der Waals surface area contributed by atoms with Crippen LogP contribution in [-0.4, -0.2) is 20.6 Å². The zero-order valence-electron chi connectivity index (χ0n) is 14.9. The van der Waals surface area contributed by atoms with Crippen molar-refractivity contribution in [3.63, 3.8) is 0 Å². The van der Waals surface area contributed by atoms with Crippen LogP contribution < -0.4 is 10.1 Å². The molecule has 1 amide bonds. The summed E-state index contributed by atoms with van der Waals surface area (Å²) in [5.74, 6) is 0.200. The van der Waals surface area contributed by atoms with Crippen LogP contribution in [0.3, 0.4) is 0 Å². The maximum Gasteiger partial charge on any atom is 0.293 e. The lowest BCUT2D eigenvalue weighted by Crippen LogP contribution is -2.15. The Kier molecular flexibility index (Phi) is 5.16. The number of nitro groups is 1. The lowest BCUT2D eigenvalue weighted by atomic mass is 10.2. The first-order valence-corrected chi connectivity index (χ1v) is 8.22. The average molecular weight is 366 g/mol. The topological polar surface area (TPSA) is 99.3 Å². The molecule has 0 saturated heterocycles. The second kappa shape index (κ2) is 7.69. The van der Waals surface area contributed by atoms with Crippen molar-refractivity contribution < 1.29 is 14.5 Å². The number of nitro benzene ring substituents is 1. The van der Waals surface area contributed by atoms with Gasteiger partial charge in [0, 0.05) is 12.3 Å². The Morgan fingerprint density at radius 1 is 1.22 bits per heavy atom. The van der Waals surface area contributed by atoms with Gasteiger partial charge in [-0.25, -0.2) is 4.68 Å². The van der Waals surface area contributed by atoms with E-state index in [0.29, 0.717) is 0 Å². The van der Waals surface area contributed by atoms with Crippen molar-refractivity contribution >= 4 is 17.3 Å². The molecular weight excluding hydrogens is 348 g/mol. The number of carbonyl (C=O) groups excluding carboxylic acids is 1. The molecule has 1 heterocycles. The molecule has 3 aromatic rings. The lowest BCUT2D eigenvalue weighted by Gasteiger charge is -2.08. The van der Waals surface area contributed by atoms with Crippen LogP contribution in [0.25, 0.3) is 0 Å². The van der Waals surface area contributed by atoms with Crippen LogP contribution in [0.15, 0.2) is 54.7 Å². The summed E-state index contributed by atoms with van der Waals surface area (Å²) in [5.41, 5.74) is 1.83. The number of hydrogen-bond acceptors (Lipinski definition) is 5. The van der Waals surface area contributed by atoms with Gasteiger partial charge in [-0.2, -0.15) is 5.10 Å². The van der Waals surface area contributed by atoms with E-state index in [1.807, 2.05) is 31.2 Å². The first-order chi connectivity index (χ1) is 12.9. The van der Waals surface area contributed by atoms with Crippen LogP contribution in [0, 0.1) is 24.0 Å². The molecule has 1 aromatic heterocycles. The minimum absolute atomic E-state index is 0.126. The van der Waals surface area contributed by atoms with E-state index < -0.39 is 10.8 Å². The van der Waals surface area contributed by atoms with Gasteiger partial charge in [0.15, 0.2) is 12.4 Å². The average Bonchev–Trinajstić information content (AvgIpc) is 3.11. The van der Waals surface area contributed by atoms with Crippen LogP contribution in [0.2, 0.25) is 0 Å². The fourth-order valence-corrected chi connectivity index (χ4v) is 2.49. The number of para-hydroxylation sites is 1. The molecule has 0 spiro atoms.